The molecule has 0 spiro atoms. The lowest BCUT2D eigenvalue weighted by Crippen LogP contribution is -2.24. The van der Waals surface area contributed by atoms with Gasteiger partial charge >= 0.3 is 0 Å². The molecular weight excluding hydrogens is 224 g/mol. The van der Waals surface area contributed by atoms with Crippen molar-refractivity contribution >= 4 is 0 Å². The summed E-state index contributed by atoms with van der Waals surface area (Å²) in [5.41, 5.74) is 2.73. The van der Waals surface area contributed by atoms with Gasteiger partial charge in [0.15, 0.2) is 6.29 Å². The highest BCUT2D eigenvalue weighted by Gasteiger charge is 2.34. The Morgan fingerprint density at radius 2 is 2.00 bits per heavy atom. The molecule has 0 amide bonds. The first-order valence-electron chi connectivity index (χ1n) is 7.06. The highest BCUT2D eigenvalue weighted by atomic mass is 16.6. The van der Waals surface area contributed by atoms with Gasteiger partial charge in [0.1, 0.15) is 0 Å². The van der Waals surface area contributed by atoms with Crippen molar-refractivity contribution in [2.45, 2.75) is 78.1 Å². The van der Waals surface area contributed by atoms with E-state index in [1.165, 1.54) is 11.1 Å². The maximum absolute atomic E-state index is 9.40. The van der Waals surface area contributed by atoms with Crippen LogP contribution in [-0.2, 0) is 4.74 Å². The lowest BCUT2D eigenvalue weighted by atomic mass is 9.95. The van der Waals surface area contributed by atoms with Crippen LogP contribution in [0.15, 0.2) is 23.3 Å². The minimum Gasteiger partial charge on any atom is -0.368 e. The number of aliphatic hydroxyl groups is 1. The van der Waals surface area contributed by atoms with Crippen LogP contribution in [0.4, 0.5) is 0 Å². The van der Waals surface area contributed by atoms with E-state index in [0.717, 1.165) is 38.5 Å². The van der Waals surface area contributed by atoms with Gasteiger partial charge in [-0.05, 0) is 59.8 Å². The molecule has 0 bridgehead atoms. The van der Waals surface area contributed by atoms with E-state index in [1.54, 1.807) is 0 Å². The molecule has 1 fully saturated rings. The lowest BCUT2D eigenvalue weighted by Gasteiger charge is -2.22. The van der Waals surface area contributed by atoms with Crippen LogP contribution in [0.2, 0.25) is 0 Å². The van der Waals surface area contributed by atoms with Crippen LogP contribution in [-0.4, -0.2) is 17.0 Å². The quantitative estimate of drug-likeness (QED) is 0.712. The fraction of sp³-hybridized carbons (Fsp3) is 0.750. The highest BCUT2D eigenvalue weighted by Crippen LogP contribution is 2.33. The summed E-state index contributed by atoms with van der Waals surface area (Å²) in [5, 5.41) is 9.40. The molecule has 0 aromatic heterocycles. The Kier molecular flexibility index (Phi) is 6.10. The van der Waals surface area contributed by atoms with Crippen molar-refractivity contribution in [1.82, 2.24) is 0 Å². The average Bonchev–Trinajstić information content (AvgIpc) is 2.58. The number of hydrogen-bond acceptors (Lipinski definition) is 2. The first-order valence-corrected chi connectivity index (χ1v) is 7.06. The smallest absolute Gasteiger partial charge is 0.155 e. The monoisotopic (exact) mass is 252 g/mol. The van der Waals surface area contributed by atoms with E-state index in [2.05, 4.69) is 39.8 Å². The largest absolute Gasteiger partial charge is 0.368 e. The average molecular weight is 252 g/mol. The first kappa shape index (κ1) is 15.5. The van der Waals surface area contributed by atoms with Crippen LogP contribution in [0.1, 0.15) is 66.2 Å². The number of allylic oxidation sites excluding steroid dienone is 4. The molecule has 1 N–H and O–H groups in total. The third kappa shape index (κ3) is 5.83. The molecule has 2 nitrogen and oxygen atoms in total. The second kappa shape index (κ2) is 7.10. The van der Waals surface area contributed by atoms with Crippen LogP contribution >= 0.6 is 0 Å². The topological polar surface area (TPSA) is 29.5 Å². The summed E-state index contributed by atoms with van der Waals surface area (Å²) in [5.74, 6) is 0. The molecule has 1 aliphatic rings. The minimum atomic E-state index is -0.544. The van der Waals surface area contributed by atoms with Crippen LogP contribution in [0.25, 0.3) is 0 Å². The van der Waals surface area contributed by atoms with Crippen molar-refractivity contribution in [3.63, 3.8) is 0 Å². The number of aliphatic hydroxyl groups excluding tert-OH is 1. The zero-order chi connectivity index (χ0) is 13.6. The van der Waals surface area contributed by atoms with Crippen molar-refractivity contribution in [1.29, 1.82) is 0 Å². The predicted octanol–water partition coefficient (Wildman–Crippen LogP) is 4.35. The van der Waals surface area contributed by atoms with Gasteiger partial charge in [0, 0.05) is 6.42 Å². The maximum Gasteiger partial charge on any atom is 0.155 e. The van der Waals surface area contributed by atoms with Crippen molar-refractivity contribution in [2.24, 2.45) is 0 Å². The third-order valence-corrected chi connectivity index (χ3v) is 3.60. The molecule has 104 valence electrons. The van der Waals surface area contributed by atoms with Gasteiger partial charge in [0.05, 0.1) is 5.60 Å². The second-order valence-electron chi connectivity index (χ2n) is 5.97. The molecule has 0 aromatic carbocycles. The Morgan fingerprint density at radius 1 is 1.28 bits per heavy atom. The Balaban J connectivity index is 2.25. The second-order valence-corrected chi connectivity index (χ2v) is 5.97. The SMILES string of the molecule is CC(C)=CCCC(C)=CCCC1(C)CCC(O)O1. The van der Waals surface area contributed by atoms with Crippen LogP contribution < -0.4 is 0 Å². The van der Waals surface area contributed by atoms with Crippen molar-refractivity contribution in [2.75, 3.05) is 0 Å². The van der Waals surface area contributed by atoms with E-state index in [9.17, 15) is 5.11 Å². The summed E-state index contributed by atoms with van der Waals surface area (Å²) < 4.78 is 5.56. The highest BCUT2D eigenvalue weighted by molar-refractivity contribution is 5.02. The summed E-state index contributed by atoms with van der Waals surface area (Å²) in [4.78, 5) is 0. The fourth-order valence-corrected chi connectivity index (χ4v) is 2.37. The predicted molar refractivity (Wildman–Crippen MR) is 76.4 cm³/mol. The zero-order valence-corrected chi connectivity index (χ0v) is 12.3. The maximum atomic E-state index is 9.40. The number of rotatable bonds is 6. The molecule has 0 aliphatic carbocycles. The molecule has 0 radical (unpaired) electrons. The van der Waals surface area contributed by atoms with E-state index in [-0.39, 0.29) is 5.60 Å². The molecule has 0 aromatic rings. The molecule has 1 aliphatic heterocycles. The Hall–Kier alpha value is -0.600. The Bertz CT molecular complexity index is 313. The normalized spacial score (nSPS) is 28.5. The summed E-state index contributed by atoms with van der Waals surface area (Å²) in [6, 6.07) is 0. The Morgan fingerprint density at radius 3 is 2.56 bits per heavy atom. The molecular formula is C16H28O2. The molecule has 0 saturated carbocycles. The minimum absolute atomic E-state index is 0.115. The van der Waals surface area contributed by atoms with E-state index >= 15 is 0 Å². The van der Waals surface area contributed by atoms with E-state index < -0.39 is 6.29 Å². The van der Waals surface area contributed by atoms with Gasteiger partial charge in [-0.15, -0.1) is 0 Å². The van der Waals surface area contributed by atoms with Gasteiger partial charge in [-0.2, -0.15) is 0 Å². The molecule has 2 unspecified atom stereocenters. The summed E-state index contributed by atoms with van der Waals surface area (Å²) in [6.07, 6.45) is 10.1. The molecule has 18 heavy (non-hydrogen) atoms. The van der Waals surface area contributed by atoms with Gasteiger partial charge < -0.3 is 9.84 Å². The van der Waals surface area contributed by atoms with Crippen molar-refractivity contribution < 1.29 is 9.84 Å². The van der Waals surface area contributed by atoms with Crippen molar-refractivity contribution in [3.8, 4) is 0 Å². The fourth-order valence-electron chi connectivity index (χ4n) is 2.37. The summed E-state index contributed by atoms with van der Waals surface area (Å²) in [7, 11) is 0. The van der Waals surface area contributed by atoms with Gasteiger partial charge in [-0.25, -0.2) is 0 Å². The van der Waals surface area contributed by atoms with Gasteiger partial charge in [0.25, 0.3) is 0 Å². The van der Waals surface area contributed by atoms with E-state index in [4.69, 9.17) is 4.74 Å². The van der Waals surface area contributed by atoms with Gasteiger partial charge in [0.2, 0.25) is 0 Å². The van der Waals surface area contributed by atoms with Crippen LogP contribution in [0.3, 0.4) is 0 Å². The first-order chi connectivity index (χ1) is 8.41. The van der Waals surface area contributed by atoms with Crippen molar-refractivity contribution in [3.05, 3.63) is 23.3 Å². The third-order valence-electron chi connectivity index (χ3n) is 3.60. The molecule has 2 heteroatoms. The van der Waals surface area contributed by atoms with Crippen LogP contribution in [0.5, 0.6) is 0 Å². The molecule has 2 atom stereocenters. The number of ether oxygens (including phenoxy) is 1. The Labute approximate surface area is 112 Å². The lowest BCUT2D eigenvalue weighted by molar-refractivity contribution is -0.132. The molecule has 1 saturated heterocycles. The number of hydrogen-bond donors (Lipinski definition) is 1. The molecule has 1 heterocycles. The molecule has 1 rings (SSSR count). The van der Waals surface area contributed by atoms with E-state index in [1.807, 2.05) is 0 Å². The summed E-state index contributed by atoms with van der Waals surface area (Å²) >= 11 is 0. The zero-order valence-electron chi connectivity index (χ0n) is 12.3. The van der Waals surface area contributed by atoms with Crippen LogP contribution in [0, 0.1) is 0 Å². The summed E-state index contributed by atoms with van der Waals surface area (Å²) in [6.45, 7) is 8.59. The van der Waals surface area contributed by atoms with Gasteiger partial charge in [-0.3, -0.25) is 0 Å². The van der Waals surface area contributed by atoms with E-state index in [0.29, 0.717) is 0 Å². The standard InChI is InChI=1S/C16H28O2/c1-13(2)7-5-8-14(3)9-6-11-16(4)12-10-15(17)18-16/h7,9,15,17H,5-6,8,10-12H2,1-4H3. The van der Waals surface area contributed by atoms with Gasteiger partial charge in [-0.1, -0.05) is 23.3 Å².